The highest BCUT2D eigenvalue weighted by molar-refractivity contribution is 5.69. The van der Waals surface area contributed by atoms with Gasteiger partial charge in [0.15, 0.2) is 11.5 Å². The van der Waals surface area contributed by atoms with Crippen molar-refractivity contribution in [3.05, 3.63) is 17.7 Å². The summed E-state index contributed by atoms with van der Waals surface area (Å²) in [5.41, 5.74) is 0.616. The van der Waals surface area contributed by atoms with Gasteiger partial charge < -0.3 is 24.1 Å². The first-order valence-electron chi connectivity index (χ1n) is 5.88. The van der Waals surface area contributed by atoms with Crippen LogP contribution in [0.1, 0.15) is 24.5 Å². The van der Waals surface area contributed by atoms with Gasteiger partial charge in [0.25, 0.3) is 0 Å². The van der Waals surface area contributed by atoms with Gasteiger partial charge in [0.05, 0.1) is 20.3 Å². The molecule has 0 amide bonds. The lowest BCUT2D eigenvalue weighted by atomic mass is 10.0. The summed E-state index contributed by atoms with van der Waals surface area (Å²) < 4.78 is 20.3. The molecule has 1 heterocycles. The van der Waals surface area contributed by atoms with E-state index in [4.69, 9.17) is 14.2 Å². The second kappa shape index (κ2) is 5.79. The Balaban J connectivity index is 2.14. The number of carbonyl (C=O) groups excluding carboxylic acids is 1. The summed E-state index contributed by atoms with van der Waals surface area (Å²) in [6.45, 7) is 0.132. The fourth-order valence-corrected chi connectivity index (χ4v) is 1.87. The van der Waals surface area contributed by atoms with E-state index >= 15 is 0 Å². The molecule has 1 aromatic carbocycles. The molecule has 0 aliphatic carbocycles. The molecule has 1 aromatic rings. The monoisotopic (exact) mass is 268 g/mol. The number of hydrogen-bond acceptors (Lipinski definition) is 6. The van der Waals surface area contributed by atoms with Gasteiger partial charge in [-0.1, -0.05) is 0 Å². The van der Waals surface area contributed by atoms with Gasteiger partial charge in [-0.25, -0.2) is 0 Å². The molecular formula is C13H16O6. The fourth-order valence-electron chi connectivity index (χ4n) is 1.87. The van der Waals surface area contributed by atoms with Crippen LogP contribution in [-0.4, -0.2) is 32.1 Å². The zero-order valence-corrected chi connectivity index (χ0v) is 10.8. The largest absolute Gasteiger partial charge is 0.493 e. The summed E-state index contributed by atoms with van der Waals surface area (Å²) in [5.74, 6) is 1.21. The van der Waals surface area contributed by atoms with Gasteiger partial charge in [-0.2, -0.15) is 0 Å². The number of aliphatic hydroxyl groups is 1. The lowest BCUT2D eigenvalue weighted by Crippen LogP contribution is -2.05. The van der Waals surface area contributed by atoms with Gasteiger partial charge in [-0.05, 0) is 24.1 Å². The third kappa shape index (κ3) is 2.90. The summed E-state index contributed by atoms with van der Waals surface area (Å²) in [7, 11) is 2.83. The topological polar surface area (TPSA) is 74.2 Å². The van der Waals surface area contributed by atoms with E-state index in [1.54, 1.807) is 12.1 Å². The van der Waals surface area contributed by atoms with Crippen LogP contribution in [0.5, 0.6) is 17.2 Å². The molecule has 1 unspecified atom stereocenters. The quantitative estimate of drug-likeness (QED) is 0.814. The number of esters is 1. The van der Waals surface area contributed by atoms with Crippen molar-refractivity contribution in [3.63, 3.8) is 0 Å². The van der Waals surface area contributed by atoms with E-state index in [1.165, 1.54) is 14.2 Å². The van der Waals surface area contributed by atoms with Crippen LogP contribution in [0.3, 0.4) is 0 Å². The summed E-state index contributed by atoms with van der Waals surface area (Å²) in [6.07, 6.45) is -0.369. The Morgan fingerprint density at radius 2 is 2.21 bits per heavy atom. The van der Waals surface area contributed by atoms with Crippen molar-refractivity contribution in [2.45, 2.75) is 18.9 Å². The molecule has 0 aromatic heterocycles. The Morgan fingerprint density at radius 3 is 2.89 bits per heavy atom. The number of methoxy groups -OCH3 is 2. The summed E-state index contributed by atoms with van der Waals surface area (Å²) in [5, 5.41) is 10.1. The van der Waals surface area contributed by atoms with Crippen molar-refractivity contribution >= 4 is 5.97 Å². The second-order valence-electron chi connectivity index (χ2n) is 4.09. The smallest absolute Gasteiger partial charge is 0.305 e. The molecule has 0 spiro atoms. The zero-order chi connectivity index (χ0) is 13.8. The molecule has 0 saturated carbocycles. The molecule has 0 radical (unpaired) electrons. The van der Waals surface area contributed by atoms with Gasteiger partial charge in [-0.3, -0.25) is 4.79 Å². The van der Waals surface area contributed by atoms with Crippen molar-refractivity contribution in [1.82, 2.24) is 0 Å². The molecule has 6 nitrogen and oxygen atoms in total. The van der Waals surface area contributed by atoms with E-state index in [2.05, 4.69) is 4.74 Å². The first-order chi connectivity index (χ1) is 9.15. The maximum atomic E-state index is 11.1. The maximum absolute atomic E-state index is 11.1. The maximum Gasteiger partial charge on any atom is 0.305 e. The number of hydrogen-bond donors (Lipinski definition) is 1. The average molecular weight is 268 g/mol. The first-order valence-corrected chi connectivity index (χ1v) is 5.88. The van der Waals surface area contributed by atoms with Gasteiger partial charge >= 0.3 is 5.97 Å². The minimum atomic E-state index is -0.789. The van der Waals surface area contributed by atoms with E-state index in [9.17, 15) is 9.90 Å². The Labute approximate surface area is 110 Å². The third-order valence-electron chi connectivity index (χ3n) is 2.92. The minimum absolute atomic E-state index is 0.132. The normalized spacial score (nSPS) is 14.1. The highest BCUT2D eigenvalue weighted by Gasteiger charge is 2.22. The Hall–Kier alpha value is -1.95. The number of aliphatic hydroxyl groups excluding tert-OH is 1. The number of benzene rings is 1. The van der Waals surface area contributed by atoms with Crippen molar-refractivity contribution < 1.29 is 28.8 Å². The van der Waals surface area contributed by atoms with Crippen LogP contribution >= 0.6 is 0 Å². The van der Waals surface area contributed by atoms with E-state index in [-0.39, 0.29) is 25.6 Å². The van der Waals surface area contributed by atoms with Crippen LogP contribution in [0, 0.1) is 0 Å². The molecule has 0 bridgehead atoms. The lowest BCUT2D eigenvalue weighted by Gasteiger charge is -2.13. The zero-order valence-electron chi connectivity index (χ0n) is 10.8. The molecule has 1 aliphatic rings. The van der Waals surface area contributed by atoms with Crippen LogP contribution in [0.25, 0.3) is 0 Å². The molecule has 1 N–H and O–H groups in total. The Bertz CT molecular complexity index is 470. The molecule has 1 atom stereocenters. The van der Waals surface area contributed by atoms with E-state index in [0.29, 0.717) is 22.8 Å². The van der Waals surface area contributed by atoms with Crippen molar-refractivity contribution in [2.24, 2.45) is 0 Å². The van der Waals surface area contributed by atoms with Crippen LogP contribution in [0.4, 0.5) is 0 Å². The predicted octanol–water partition coefficient (Wildman–Crippen LogP) is 1.41. The number of carbonyl (C=O) groups is 1. The van der Waals surface area contributed by atoms with E-state index in [0.717, 1.165) is 0 Å². The highest BCUT2D eigenvalue weighted by atomic mass is 16.7. The first kappa shape index (κ1) is 13.5. The summed E-state index contributed by atoms with van der Waals surface area (Å²) >= 11 is 0. The van der Waals surface area contributed by atoms with Crippen molar-refractivity contribution in [1.29, 1.82) is 0 Å². The second-order valence-corrected chi connectivity index (χ2v) is 4.09. The summed E-state index contributed by atoms with van der Waals surface area (Å²) in [4.78, 5) is 11.1. The van der Waals surface area contributed by atoms with Crippen LogP contribution in [0.15, 0.2) is 12.1 Å². The SMILES string of the molecule is COC(=O)CCC(O)c1cc(OC)c2c(c1)OCO2. The molecular weight excluding hydrogens is 252 g/mol. The number of rotatable bonds is 5. The molecule has 6 heteroatoms. The number of ether oxygens (including phenoxy) is 4. The number of fused-ring (bicyclic) bond motifs is 1. The summed E-state index contributed by atoms with van der Waals surface area (Å²) in [6, 6.07) is 3.36. The average Bonchev–Trinajstić information content (AvgIpc) is 2.91. The van der Waals surface area contributed by atoms with Crippen molar-refractivity contribution in [3.8, 4) is 17.2 Å². The van der Waals surface area contributed by atoms with Crippen LogP contribution in [-0.2, 0) is 9.53 Å². The highest BCUT2D eigenvalue weighted by Crippen LogP contribution is 2.43. The molecule has 19 heavy (non-hydrogen) atoms. The molecule has 0 saturated heterocycles. The fraction of sp³-hybridized carbons (Fsp3) is 0.462. The van der Waals surface area contributed by atoms with Gasteiger partial charge in [0.2, 0.25) is 12.5 Å². The van der Waals surface area contributed by atoms with Crippen LogP contribution in [0.2, 0.25) is 0 Å². The van der Waals surface area contributed by atoms with Crippen LogP contribution < -0.4 is 14.2 Å². The molecule has 0 fully saturated rings. The Morgan fingerprint density at radius 1 is 1.42 bits per heavy atom. The standard InChI is InChI=1S/C13H16O6/c1-16-10-5-8(6-11-13(10)19-7-18-11)9(14)3-4-12(15)17-2/h5-6,9,14H,3-4,7H2,1-2H3. The van der Waals surface area contributed by atoms with Gasteiger partial charge in [0.1, 0.15) is 0 Å². The van der Waals surface area contributed by atoms with Gasteiger partial charge in [0, 0.05) is 6.42 Å². The molecule has 2 rings (SSSR count). The van der Waals surface area contributed by atoms with E-state index in [1.807, 2.05) is 0 Å². The van der Waals surface area contributed by atoms with Crippen molar-refractivity contribution in [2.75, 3.05) is 21.0 Å². The lowest BCUT2D eigenvalue weighted by molar-refractivity contribution is -0.141. The minimum Gasteiger partial charge on any atom is -0.493 e. The molecule has 1 aliphatic heterocycles. The Kier molecular flexibility index (Phi) is 4.11. The third-order valence-corrected chi connectivity index (χ3v) is 2.92. The molecule has 104 valence electrons. The van der Waals surface area contributed by atoms with Gasteiger partial charge in [-0.15, -0.1) is 0 Å². The predicted molar refractivity (Wildman–Crippen MR) is 65.3 cm³/mol. The van der Waals surface area contributed by atoms with E-state index < -0.39 is 6.10 Å².